The molecule has 1 atom stereocenters. The number of nitrogens with zero attached hydrogens (tertiary/aromatic N) is 2. The van der Waals surface area contributed by atoms with E-state index in [1.165, 1.54) is 12.1 Å². The summed E-state index contributed by atoms with van der Waals surface area (Å²) in [6.07, 6.45) is 1.11. The lowest BCUT2D eigenvalue weighted by atomic mass is 10.1. The summed E-state index contributed by atoms with van der Waals surface area (Å²) in [5.41, 5.74) is 2.10. The van der Waals surface area contributed by atoms with Crippen molar-refractivity contribution < 1.29 is 15.0 Å². The summed E-state index contributed by atoms with van der Waals surface area (Å²) < 4.78 is 0. The van der Waals surface area contributed by atoms with Crippen LogP contribution in [-0.4, -0.2) is 21.3 Å². The van der Waals surface area contributed by atoms with E-state index in [0.717, 1.165) is 17.2 Å². The van der Waals surface area contributed by atoms with Crippen molar-refractivity contribution in [3.05, 3.63) is 103 Å². The maximum Gasteiger partial charge on any atom is 0.249 e. The molecular formula is C25H19N3O3S. The number of phenolic OH excluding ortho intramolecular Hbond substituents is 2. The number of benzene rings is 3. The van der Waals surface area contributed by atoms with Gasteiger partial charge in [0, 0.05) is 15.4 Å². The molecule has 3 aromatic rings. The van der Waals surface area contributed by atoms with Gasteiger partial charge in [-0.2, -0.15) is 5.26 Å². The monoisotopic (exact) mass is 441 g/mol. The highest BCUT2D eigenvalue weighted by Gasteiger charge is 2.45. The van der Waals surface area contributed by atoms with Crippen molar-refractivity contribution in [2.24, 2.45) is 4.99 Å². The SMILES string of the molecule is C=CC(=O)NC1=NC(c2ccccc2)=C(c2ccccc2)S1(C#N)c1ccc(O)c(O)c1. The average molecular weight is 442 g/mol. The molecule has 158 valence electrons. The van der Waals surface area contributed by atoms with Gasteiger partial charge in [0.15, 0.2) is 16.7 Å². The molecule has 3 N–H and O–H groups in total. The van der Waals surface area contributed by atoms with Gasteiger partial charge in [0.25, 0.3) is 0 Å². The molecule has 0 saturated heterocycles. The van der Waals surface area contributed by atoms with Crippen molar-refractivity contribution in [1.29, 1.82) is 5.26 Å². The molecule has 1 heterocycles. The zero-order valence-corrected chi connectivity index (χ0v) is 17.7. The van der Waals surface area contributed by atoms with Crippen LogP contribution in [0.15, 0.2) is 101 Å². The Bertz CT molecular complexity index is 1310. The Morgan fingerprint density at radius 1 is 0.969 bits per heavy atom. The molecule has 0 aliphatic carbocycles. The number of hydrogen-bond acceptors (Lipinski definition) is 5. The number of carbonyl (C=O) groups is 1. The van der Waals surface area contributed by atoms with Gasteiger partial charge in [-0.3, -0.25) is 4.79 Å². The molecular weight excluding hydrogens is 422 g/mol. The number of amides is 1. The highest BCUT2D eigenvalue weighted by Crippen LogP contribution is 2.71. The first-order valence-electron chi connectivity index (χ1n) is 9.64. The van der Waals surface area contributed by atoms with Crippen molar-refractivity contribution in [3.8, 4) is 16.9 Å². The van der Waals surface area contributed by atoms with Gasteiger partial charge in [-0.1, -0.05) is 67.2 Å². The highest BCUT2D eigenvalue weighted by atomic mass is 32.3. The molecule has 3 aromatic carbocycles. The van der Waals surface area contributed by atoms with Crippen LogP contribution in [0.1, 0.15) is 11.1 Å². The minimum Gasteiger partial charge on any atom is -0.504 e. The van der Waals surface area contributed by atoms with E-state index in [1.807, 2.05) is 60.7 Å². The number of carbonyl (C=O) groups excluding carboxylic acids is 1. The van der Waals surface area contributed by atoms with E-state index < -0.39 is 15.9 Å². The minimum absolute atomic E-state index is 0.174. The molecule has 0 radical (unpaired) electrons. The summed E-state index contributed by atoms with van der Waals surface area (Å²) >= 11 is 0. The number of nitriles is 1. The number of amidine groups is 1. The Kier molecular flexibility index (Phi) is 5.54. The fourth-order valence-electron chi connectivity index (χ4n) is 3.48. The van der Waals surface area contributed by atoms with Crippen molar-refractivity contribution >= 4 is 31.7 Å². The molecule has 0 aromatic heterocycles. The number of aromatic hydroxyl groups is 2. The second-order valence-electron chi connectivity index (χ2n) is 6.87. The van der Waals surface area contributed by atoms with Gasteiger partial charge in [-0.15, -0.1) is 0 Å². The second kappa shape index (κ2) is 8.46. The largest absolute Gasteiger partial charge is 0.504 e. The number of rotatable bonds is 4. The van der Waals surface area contributed by atoms with Gasteiger partial charge in [0.05, 0.1) is 5.70 Å². The molecule has 0 spiro atoms. The number of thiocyanates is 1. The van der Waals surface area contributed by atoms with Crippen LogP contribution in [0.5, 0.6) is 11.5 Å². The molecule has 0 bridgehead atoms. The summed E-state index contributed by atoms with van der Waals surface area (Å²) in [6, 6.07) is 23.0. The van der Waals surface area contributed by atoms with Crippen molar-refractivity contribution in [2.75, 3.05) is 0 Å². The summed E-state index contributed by atoms with van der Waals surface area (Å²) in [5.74, 6) is -1.17. The number of hydrogen-bond donors (Lipinski definition) is 3. The molecule has 1 unspecified atom stereocenters. The van der Waals surface area contributed by atoms with E-state index in [4.69, 9.17) is 4.99 Å². The van der Waals surface area contributed by atoms with Crippen LogP contribution in [0.25, 0.3) is 10.6 Å². The van der Waals surface area contributed by atoms with Gasteiger partial charge in [-0.05, 0) is 39.9 Å². The quantitative estimate of drug-likeness (QED) is 0.303. The third-order valence-electron chi connectivity index (χ3n) is 4.96. The third-order valence-corrected chi connectivity index (χ3v) is 8.01. The summed E-state index contributed by atoms with van der Waals surface area (Å²) in [5, 5.41) is 36.0. The predicted molar refractivity (Wildman–Crippen MR) is 127 cm³/mol. The van der Waals surface area contributed by atoms with Crippen LogP contribution in [0.3, 0.4) is 0 Å². The first-order chi connectivity index (χ1) is 15.5. The third kappa shape index (κ3) is 3.43. The van der Waals surface area contributed by atoms with Crippen molar-refractivity contribution in [3.63, 3.8) is 0 Å². The van der Waals surface area contributed by atoms with Gasteiger partial charge in [-0.25, -0.2) is 4.99 Å². The maximum atomic E-state index is 12.3. The molecule has 1 amide bonds. The smallest absolute Gasteiger partial charge is 0.249 e. The van der Waals surface area contributed by atoms with Crippen LogP contribution in [0, 0.1) is 10.7 Å². The lowest BCUT2D eigenvalue weighted by Gasteiger charge is -2.33. The minimum atomic E-state index is -2.77. The standard InChI is InChI=1S/C25H19N3O3S/c1-2-22(31)27-25-28-23(17-9-5-3-6-10-17)24(18-11-7-4-8-12-18)32(25,16-26)19-13-14-20(29)21(30)15-19/h2-15,29-30H,1H2,(H,27,28,31). The van der Waals surface area contributed by atoms with E-state index in [0.29, 0.717) is 15.5 Å². The Morgan fingerprint density at radius 2 is 1.59 bits per heavy atom. The average Bonchev–Trinajstić information content (AvgIpc) is 3.16. The van der Waals surface area contributed by atoms with E-state index in [2.05, 4.69) is 17.3 Å². The highest BCUT2D eigenvalue weighted by molar-refractivity contribution is 8.55. The van der Waals surface area contributed by atoms with Crippen LogP contribution in [0.4, 0.5) is 0 Å². The lowest BCUT2D eigenvalue weighted by Crippen LogP contribution is -2.31. The fraction of sp³-hybridized carbons (Fsp3) is 0. The first kappa shape index (κ1) is 21.0. The van der Waals surface area contributed by atoms with Gasteiger partial charge in [0.2, 0.25) is 5.91 Å². The first-order valence-corrected chi connectivity index (χ1v) is 11.3. The maximum absolute atomic E-state index is 12.3. The van der Waals surface area contributed by atoms with Gasteiger partial charge in [0.1, 0.15) is 5.40 Å². The Hall–Kier alpha value is -4.28. The van der Waals surface area contributed by atoms with E-state index >= 15 is 0 Å². The summed E-state index contributed by atoms with van der Waals surface area (Å²) in [4.78, 5) is 18.1. The van der Waals surface area contributed by atoms with Crippen LogP contribution >= 0.6 is 10.0 Å². The fourth-order valence-corrected chi connectivity index (χ4v) is 6.40. The molecule has 7 heteroatoms. The van der Waals surface area contributed by atoms with E-state index in [1.54, 1.807) is 6.07 Å². The van der Waals surface area contributed by atoms with Crippen molar-refractivity contribution in [1.82, 2.24) is 5.32 Å². The normalized spacial score (nSPS) is 19.4. The predicted octanol–water partition coefficient (Wildman–Crippen LogP) is 4.94. The second-order valence-corrected chi connectivity index (χ2v) is 9.55. The summed E-state index contributed by atoms with van der Waals surface area (Å²) in [6.45, 7) is 3.50. The van der Waals surface area contributed by atoms with Crippen LogP contribution in [-0.2, 0) is 4.79 Å². The molecule has 1 aliphatic rings. The Balaban J connectivity index is 2.09. The van der Waals surface area contributed by atoms with Gasteiger partial charge < -0.3 is 15.5 Å². The molecule has 4 rings (SSSR count). The number of nitrogens with one attached hydrogen (secondary N) is 1. The van der Waals surface area contributed by atoms with Crippen molar-refractivity contribution in [2.45, 2.75) is 4.90 Å². The zero-order valence-electron chi connectivity index (χ0n) is 16.9. The number of phenols is 2. The van der Waals surface area contributed by atoms with Crippen LogP contribution < -0.4 is 5.32 Å². The Morgan fingerprint density at radius 3 is 2.16 bits per heavy atom. The van der Waals surface area contributed by atoms with Gasteiger partial charge >= 0.3 is 0 Å². The molecule has 32 heavy (non-hydrogen) atoms. The molecule has 0 saturated carbocycles. The Labute approximate surface area is 186 Å². The molecule has 6 nitrogen and oxygen atoms in total. The zero-order chi connectivity index (χ0) is 22.7. The van der Waals surface area contributed by atoms with E-state index in [9.17, 15) is 20.3 Å². The molecule has 0 fully saturated rings. The lowest BCUT2D eigenvalue weighted by molar-refractivity contribution is -0.115. The van der Waals surface area contributed by atoms with Crippen LogP contribution in [0.2, 0.25) is 0 Å². The molecule has 1 aliphatic heterocycles. The topological polar surface area (TPSA) is 106 Å². The summed E-state index contributed by atoms with van der Waals surface area (Å²) in [7, 11) is -2.77. The number of aliphatic imine (C=N–C) groups is 1. The van der Waals surface area contributed by atoms with E-state index in [-0.39, 0.29) is 16.7 Å².